The minimum Gasteiger partial charge on any atom is -0.326 e. The van der Waals surface area contributed by atoms with Crippen molar-refractivity contribution in [2.45, 2.75) is 18.5 Å². The Morgan fingerprint density at radius 3 is 2.43 bits per heavy atom. The molecule has 1 unspecified atom stereocenters. The van der Waals surface area contributed by atoms with Gasteiger partial charge in [0.2, 0.25) is 5.91 Å². The van der Waals surface area contributed by atoms with Gasteiger partial charge in [0.15, 0.2) is 0 Å². The molecule has 0 radical (unpaired) electrons. The second-order valence-electron chi connectivity index (χ2n) is 5.02. The molecule has 0 aliphatic carbocycles. The number of carbonyl (C=O) groups is 1. The average Bonchev–Trinajstić information content (AvgIpc) is 2.45. The third-order valence-corrected chi connectivity index (χ3v) is 3.62. The van der Waals surface area contributed by atoms with Gasteiger partial charge in [-0.2, -0.15) is 13.2 Å². The standard InChI is InChI=1S/C16H12F3NO/c17-16(18,19)11-6-7-12-13(10-4-2-1-3-5-10)9-15(21)20-14(12)8-11/h1-8,13H,9H2,(H,20,21). The SMILES string of the molecule is O=C1CC(c2ccccc2)c2ccc(C(F)(F)F)cc2N1. The van der Waals surface area contributed by atoms with Gasteiger partial charge in [0, 0.05) is 18.0 Å². The number of amides is 1. The Balaban J connectivity index is 2.08. The zero-order valence-electron chi connectivity index (χ0n) is 10.9. The number of alkyl halides is 3. The molecular formula is C16H12F3NO. The molecule has 2 nitrogen and oxygen atoms in total. The van der Waals surface area contributed by atoms with Crippen LogP contribution >= 0.6 is 0 Å². The predicted octanol–water partition coefficient (Wildman–Crippen LogP) is 4.18. The first-order valence-corrected chi connectivity index (χ1v) is 6.51. The van der Waals surface area contributed by atoms with Gasteiger partial charge in [-0.1, -0.05) is 36.4 Å². The Morgan fingerprint density at radius 1 is 1.05 bits per heavy atom. The number of hydrogen-bond acceptors (Lipinski definition) is 1. The summed E-state index contributed by atoms with van der Waals surface area (Å²) in [6, 6.07) is 12.8. The third-order valence-electron chi connectivity index (χ3n) is 3.62. The normalized spacial score (nSPS) is 18.0. The summed E-state index contributed by atoms with van der Waals surface area (Å²) in [7, 11) is 0. The van der Waals surface area contributed by atoms with Crippen LogP contribution in [0.4, 0.5) is 18.9 Å². The maximum atomic E-state index is 12.8. The molecule has 108 valence electrons. The monoisotopic (exact) mass is 291 g/mol. The van der Waals surface area contributed by atoms with Crippen molar-refractivity contribution in [1.29, 1.82) is 0 Å². The van der Waals surface area contributed by atoms with E-state index in [0.717, 1.165) is 17.7 Å². The fourth-order valence-electron chi connectivity index (χ4n) is 2.62. The molecule has 0 fully saturated rings. The first-order valence-electron chi connectivity index (χ1n) is 6.51. The molecule has 1 N–H and O–H groups in total. The molecule has 3 rings (SSSR count). The second-order valence-corrected chi connectivity index (χ2v) is 5.02. The van der Waals surface area contributed by atoms with Crippen LogP contribution in [-0.4, -0.2) is 5.91 Å². The van der Waals surface area contributed by atoms with Gasteiger partial charge in [0.1, 0.15) is 0 Å². The summed E-state index contributed by atoms with van der Waals surface area (Å²) in [5, 5.41) is 2.53. The molecular weight excluding hydrogens is 279 g/mol. The Kier molecular flexibility index (Phi) is 3.20. The van der Waals surface area contributed by atoms with Crippen molar-refractivity contribution in [3.63, 3.8) is 0 Å². The molecule has 0 aromatic heterocycles. The second kappa shape index (κ2) is 4.91. The smallest absolute Gasteiger partial charge is 0.326 e. The minimum atomic E-state index is -4.42. The van der Waals surface area contributed by atoms with Crippen molar-refractivity contribution < 1.29 is 18.0 Å². The van der Waals surface area contributed by atoms with Crippen molar-refractivity contribution in [3.05, 3.63) is 65.2 Å². The van der Waals surface area contributed by atoms with E-state index in [2.05, 4.69) is 5.32 Å². The Morgan fingerprint density at radius 2 is 1.76 bits per heavy atom. The maximum absolute atomic E-state index is 12.8. The summed E-state index contributed by atoms with van der Waals surface area (Å²) in [5.41, 5.74) is 1.13. The van der Waals surface area contributed by atoms with Gasteiger partial charge in [-0.05, 0) is 23.3 Å². The lowest BCUT2D eigenvalue weighted by atomic mass is 9.84. The highest BCUT2D eigenvalue weighted by Crippen LogP contribution is 2.40. The van der Waals surface area contributed by atoms with E-state index in [1.54, 1.807) is 0 Å². The van der Waals surface area contributed by atoms with Crippen molar-refractivity contribution in [3.8, 4) is 0 Å². The van der Waals surface area contributed by atoms with E-state index in [9.17, 15) is 18.0 Å². The van der Waals surface area contributed by atoms with E-state index in [1.807, 2.05) is 30.3 Å². The van der Waals surface area contributed by atoms with Gasteiger partial charge in [-0.25, -0.2) is 0 Å². The summed E-state index contributed by atoms with van der Waals surface area (Å²) >= 11 is 0. The number of nitrogens with one attached hydrogen (secondary N) is 1. The zero-order valence-corrected chi connectivity index (χ0v) is 10.9. The van der Waals surface area contributed by atoms with Gasteiger partial charge in [-0.3, -0.25) is 4.79 Å². The third kappa shape index (κ3) is 2.63. The van der Waals surface area contributed by atoms with Crippen LogP contribution in [0.15, 0.2) is 48.5 Å². The highest BCUT2D eigenvalue weighted by Gasteiger charge is 2.33. The summed E-state index contributed by atoms with van der Waals surface area (Å²) in [4.78, 5) is 11.8. The lowest BCUT2D eigenvalue weighted by Gasteiger charge is -2.26. The number of hydrogen-bond donors (Lipinski definition) is 1. The van der Waals surface area contributed by atoms with Crippen LogP contribution in [0.2, 0.25) is 0 Å². The van der Waals surface area contributed by atoms with E-state index in [4.69, 9.17) is 0 Å². The summed E-state index contributed by atoms with van der Waals surface area (Å²) < 4.78 is 38.3. The maximum Gasteiger partial charge on any atom is 0.416 e. The Labute approximate surface area is 119 Å². The van der Waals surface area contributed by atoms with Gasteiger partial charge < -0.3 is 5.32 Å². The zero-order chi connectivity index (χ0) is 15.0. The van der Waals surface area contributed by atoms with Gasteiger partial charge >= 0.3 is 6.18 Å². The van der Waals surface area contributed by atoms with Crippen LogP contribution in [0.1, 0.15) is 29.0 Å². The lowest BCUT2D eigenvalue weighted by Crippen LogP contribution is -2.24. The minimum absolute atomic E-state index is 0.211. The van der Waals surface area contributed by atoms with Crippen LogP contribution in [0.3, 0.4) is 0 Å². The van der Waals surface area contributed by atoms with Crippen molar-refractivity contribution >= 4 is 11.6 Å². The first kappa shape index (κ1) is 13.7. The van der Waals surface area contributed by atoms with Gasteiger partial charge in [0.25, 0.3) is 0 Å². The van der Waals surface area contributed by atoms with Crippen LogP contribution in [-0.2, 0) is 11.0 Å². The highest BCUT2D eigenvalue weighted by atomic mass is 19.4. The van der Waals surface area contributed by atoms with Crippen molar-refractivity contribution in [1.82, 2.24) is 0 Å². The number of halogens is 3. The number of rotatable bonds is 1. The molecule has 1 amide bonds. The Hall–Kier alpha value is -2.30. The van der Waals surface area contributed by atoms with Gasteiger partial charge in [-0.15, -0.1) is 0 Å². The highest BCUT2D eigenvalue weighted by molar-refractivity contribution is 5.95. The number of anilines is 1. The molecule has 1 aliphatic rings. The topological polar surface area (TPSA) is 29.1 Å². The number of fused-ring (bicyclic) bond motifs is 1. The van der Waals surface area contributed by atoms with E-state index in [1.165, 1.54) is 6.07 Å². The first-order chi connectivity index (χ1) is 9.95. The molecule has 0 saturated heterocycles. The fraction of sp³-hybridized carbons (Fsp3) is 0.188. The van der Waals surface area contributed by atoms with E-state index >= 15 is 0 Å². The lowest BCUT2D eigenvalue weighted by molar-refractivity contribution is -0.137. The molecule has 2 aromatic rings. The van der Waals surface area contributed by atoms with E-state index < -0.39 is 11.7 Å². The number of benzene rings is 2. The molecule has 0 saturated carbocycles. The van der Waals surface area contributed by atoms with E-state index in [0.29, 0.717) is 5.56 Å². The molecule has 5 heteroatoms. The molecule has 1 atom stereocenters. The summed E-state index contributed by atoms with van der Waals surface area (Å²) in [6.07, 6.45) is -4.18. The van der Waals surface area contributed by atoms with Crippen LogP contribution in [0.25, 0.3) is 0 Å². The van der Waals surface area contributed by atoms with Crippen LogP contribution < -0.4 is 5.32 Å². The van der Waals surface area contributed by atoms with Crippen LogP contribution in [0.5, 0.6) is 0 Å². The predicted molar refractivity (Wildman–Crippen MR) is 73.0 cm³/mol. The van der Waals surface area contributed by atoms with Gasteiger partial charge in [0.05, 0.1) is 5.56 Å². The molecule has 1 heterocycles. The van der Waals surface area contributed by atoms with Crippen molar-refractivity contribution in [2.24, 2.45) is 0 Å². The summed E-state index contributed by atoms with van der Waals surface area (Å²) in [5.74, 6) is -0.479. The Bertz CT molecular complexity index is 680. The molecule has 1 aliphatic heterocycles. The van der Waals surface area contributed by atoms with E-state index in [-0.39, 0.29) is 23.9 Å². The fourth-order valence-corrected chi connectivity index (χ4v) is 2.62. The number of carbonyl (C=O) groups excluding carboxylic acids is 1. The van der Waals surface area contributed by atoms with Crippen LogP contribution in [0, 0.1) is 0 Å². The average molecular weight is 291 g/mol. The molecule has 0 spiro atoms. The molecule has 21 heavy (non-hydrogen) atoms. The largest absolute Gasteiger partial charge is 0.416 e. The molecule has 0 bridgehead atoms. The quantitative estimate of drug-likeness (QED) is 0.839. The molecule has 2 aromatic carbocycles. The summed E-state index contributed by atoms with van der Waals surface area (Å²) in [6.45, 7) is 0. The van der Waals surface area contributed by atoms with Crippen molar-refractivity contribution in [2.75, 3.05) is 5.32 Å².